The molecule has 32 heavy (non-hydrogen) atoms. The topological polar surface area (TPSA) is 84.9 Å². The number of halogens is 1. The minimum Gasteiger partial charge on any atom is -0.497 e. The Morgan fingerprint density at radius 3 is 2.28 bits per heavy atom. The van der Waals surface area contributed by atoms with Crippen LogP contribution in [0.5, 0.6) is 11.5 Å². The molecule has 0 radical (unpaired) electrons. The van der Waals surface area contributed by atoms with Crippen LogP contribution in [0.2, 0.25) is 5.02 Å². The number of sulfonamides is 1. The second-order valence-corrected chi connectivity index (χ2v) is 9.20. The highest BCUT2D eigenvalue weighted by molar-refractivity contribution is 7.89. The van der Waals surface area contributed by atoms with Crippen molar-refractivity contribution in [3.05, 3.63) is 83.4 Å². The zero-order valence-electron chi connectivity index (χ0n) is 17.6. The van der Waals surface area contributed by atoms with Gasteiger partial charge in [-0.05, 0) is 42.0 Å². The van der Waals surface area contributed by atoms with Crippen LogP contribution in [0.15, 0.2) is 77.7 Å². The minimum absolute atomic E-state index is 0.00155. The van der Waals surface area contributed by atoms with Gasteiger partial charge in [0.2, 0.25) is 15.9 Å². The average Bonchev–Trinajstić information content (AvgIpc) is 2.80. The van der Waals surface area contributed by atoms with Crippen molar-refractivity contribution in [2.75, 3.05) is 26.1 Å². The number of nitrogens with zero attached hydrogens (tertiary/aromatic N) is 1. The van der Waals surface area contributed by atoms with Gasteiger partial charge >= 0.3 is 0 Å². The number of hydrogen-bond donors (Lipinski definition) is 1. The van der Waals surface area contributed by atoms with Crippen molar-refractivity contribution in [2.24, 2.45) is 0 Å². The lowest BCUT2D eigenvalue weighted by atomic mass is 10.2. The highest BCUT2D eigenvalue weighted by atomic mass is 35.5. The van der Waals surface area contributed by atoms with E-state index in [9.17, 15) is 13.2 Å². The van der Waals surface area contributed by atoms with Crippen molar-refractivity contribution < 1.29 is 22.7 Å². The third kappa shape index (κ3) is 5.79. The molecule has 7 nitrogen and oxygen atoms in total. The number of carbonyl (C=O) groups is 1. The number of nitrogens with one attached hydrogen (secondary N) is 1. The number of amides is 1. The van der Waals surface area contributed by atoms with Crippen LogP contribution in [0, 0.1) is 0 Å². The largest absolute Gasteiger partial charge is 0.497 e. The molecule has 1 N–H and O–H groups in total. The molecule has 0 aromatic heterocycles. The Morgan fingerprint density at radius 2 is 1.66 bits per heavy atom. The van der Waals surface area contributed by atoms with Crippen molar-refractivity contribution in [1.82, 2.24) is 4.31 Å². The van der Waals surface area contributed by atoms with Crippen molar-refractivity contribution in [3.8, 4) is 11.5 Å². The van der Waals surface area contributed by atoms with Crippen LogP contribution < -0.4 is 14.8 Å². The molecule has 168 valence electrons. The summed E-state index contributed by atoms with van der Waals surface area (Å²) in [4.78, 5) is 12.9. The van der Waals surface area contributed by atoms with E-state index in [1.165, 1.54) is 26.4 Å². The Labute approximate surface area is 192 Å². The predicted octanol–water partition coefficient (Wildman–Crippen LogP) is 4.19. The highest BCUT2D eigenvalue weighted by Gasteiger charge is 2.27. The third-order valence-electron chi connectivity index (χ3n) is 4.66. The van der Waals surface area contributed by atoms with E-state index in [1.54, 1.807) is 60.7 Å². The van der Waals surface area contributed by atoms with Gasteiger partial charge in [-0.15, -0.1) is 0 Å². The SMILES string of the molecule is COc1ccc(NC(=O)CN(Cc2ccc(Cl)cc2)S(=O)(=O)c2ccccc2)c(OC)c1. The fourth-order valence-electron chi connectivity index (χ4n) is 3.01. The van der Waals surface area contributed by atoms with Gasteiger partial charge in [-0.25, -0.2) is 8.42 Å². The lowest BCUT2D eigenvalue weighted by Crippen LogP contribution is -2.37. The van der Waals surface area contributed by atoms with E-state index in [-0.39, 0.29) is 11.4 Å². The van der Waals surface area contributed by atoms with Gasteiger partial charge in [0.1, 0.15) is 11.5 Å². The molecule has 1 amide bonds. The van der Waals surface area contributed by atoms with E-state index in [4.69, 9.17) is 21.1 Å². The van der Waals surface area contributed by atoms with Gasteiger partial charge in [0.15, 0.2) is 0 Å². The first-order chi connectivity index (χ1) is 15.3. The summed E-state index contributed by atoms with van der Waals surface area (Å²) in [5, 5.41) is 3.25. The molecule has 0 aliphatic carbocycles. The normalized spacial score (nSPS) is 11.2. The van der Waals surface area contributed by atoms with E-state index in [1.807, 2.05) is 0 Å². The molecule has 0 atom stereocenters. The van der Waals surface area contributed by atoms with Crippen LogP contribution in [0.4, 0.5) is 5.69 Å². The lowest BCUT2D eigenvalue weighted by Gasteiger charge is -2.22. The van der Waals surface area contributed by atoms with Gasteiger partial charge in [0, 0.05) is 17.6 Å². The zero-order chi connectivity index (χ0) is 23.1. The maximum absolute atomic E-state index is 13.3. The predicted molar refractivity (Wildman–Crippen MR) is 124 cm³/mol. The molecule has 0 bridgehead atoms. The minimum atomic E-state index is -3.93. The monoisotopic (exact) mass is 474 g/mol. The number of hydrogen-bond acceptors (Lipinski definition) is 5. The molecule has 0 aliphatic rings. The zero-order valence-corrected chi connectivity index (χ0v) is 19.2. The van der Waals surface area contributed by atoms with Gasteiger partial charge < -0.3 is 14.8 Å². The van der Waals surface area contributed by atoms with Crippen molar-refractivity contribution in [3.63, 3.8) is 0 Å². The summed E-state index contributed by atoms with van der Waals surface area (Å²) in [7, 11) is -0.942. The summed E-state index contributed by atoms with van der Waals surface area (Å²) in [6, 6.07) is 19.7. The standard InChI is InChI=1S/C23H23ClN2O5S/c1-30-19-12-13-21(22(14-19)31-2)25-23(27)16-26(15-17-8-10-18(24)11-9-17)32(28,29)20-6-4-3-5-7-20/h3-14H,15-16H2,1-2H3,(H,25,27). The molecule has 3 rings (SSSR count). The third-order valence-corrected chi connectivity index (χ3v) is 6.71. The number of methoxy groups -OCH3 is 2. The Balaban J connectivity index is 1.86. The molecule has 0 saturated carbocycles. The fourth-order valence-corrected chi connectivity index (χ4v) is 4.54. The van der Waals surface area contributed by atoms with Gasteiger partial charge in [0.05, 0.1) is 31.3 Å². The molecular formula is C23H23ClN2O5S. The van der Waals surface area contributed by atoms with Gasteiger partial charge in [-0.1, -0.05) is 41.9 Å². The Morgan fingerprint density at radius 1 is 0.969 bits per heavy atom. The van der Waals surface area contributed by atoms with E-state index < -0.39 is 22.5 Å². The number of rotatable bonds is 9. The molecule has 0 heterocycles. The highest BCUT2D eigenvalue weighted by Crippen LogP contribution is 2.29. The number of benzene rings is 3. The van der Waals surface area contributed by atoms with Crippen LogP contribution in [0.1, 0.15) is 5.56 Å². The molecule has 3 aromatic rings. The Kier molecular flexibility index (Phi) is 7.74. The first-order valence-electron chi connectivity index (χ1n) is 9.65. The summed E-state index contributed by atoms with van der Waals surface area (Å²) in [5.41, 5.74) is 1.10. The van der Waals surface area contributed by atoms with Crippen molar-refractivity contribution in [2.45, 2.75) is 11.4 Å². The molecule has 0 fully saturated rings. The quantitative estimate of drug-likeness (QED) is 0.502. The summed E-state index contributed by atoms with van der Waals surface area (Å²) in [6.45, 7) is -0.392. The Bertz CT molecular complexity index is 1170. The van der Waals surface area contributed by atoms with Gasteiger partial charge in [0.25, 0.3) is 0 Å². The van der Waals surface area contributed by atoms with E-state index in [0.717, 1.165) is 4.31 Å². The maximum Gasteiger partial charge on any atom is 0.243 e. The number of anilines is 1. The van der Waals surface area contributed by atoms with Crippen molar-refractivity contribution >= 4 is 33.2 Å². The lowest BCUT2D eigenvalue weighted by molar-refractivity contribution is -0.116. The molecule has 0 unspecified atom stereocenters. The van der Waals surface area contributed by atoms with Gasteiger partial charge in [-0.3, -0.25) is 4.79 Å². The number of ether oxygens (including phenoxy) is 2. The molecule has 9 heteroatoms. The molecule has 0 saturated heterocycles. The van der Waals surface area contributed by atoms with E-state index in [2.05, 4.69) is 5.32 Å². The first kappa shape index (κ1) is 23.6. The smallest absolute Gasteiger partial charge is 0.243 e. The average molecular weight is 475 g/mol. The molecule has 0 spiro atoms. The van der Waals surface area contributed by atoms with Gasteiger partial charge in [-0.2, -0.15) is 4.31 Å². The second-order valence-electron chi connectivity index (χ2n) is 6.83. The summed E-state index contributed by atoms with van der Waals surface area (Å²) >= 11 is 5.94. The fraction of sp³-hybridized carbons (Fsp3) is 0.174. The Hall–Kier alpha value is -3.07. The van der Waals surface area contributed by atoms with E-state index >= 15 is 0 Å². The molecular weight excluding hydrogens is 452 g/mol. The van der Waals surface area contributed by atoms with Crippen molar-refractivity contribution in [1.29, 1.82) is 0 Å². The van der Waals surface area contributed by atoms with Crippen LogP contribution in [-0.2, 0) is 21.4 Å². The molecule has 3 aromatic carbocycles. The van der Waals surface area contributed by atoms with Crippen LogP contribution in [-0.4, -0.2) is 39.4 Å². The molecule has 0 aliphatic heterocycles. The summed E-state index contributed by atoms with van der Waals surface area (Å²) < 4.78 is 38.1. The number of carbonyl (C=O) groups excluding carboxylic acids is 1. The summed E-state index contributed by atoms with van der Waals surface area (Å²) in [6.07, 6.45) is 0. The van der Waals surface area contributed by atoms with Crippen LogP contribution in [0.3, 0.4) is 0 Å². The maximum atomic E-state index is 13.3. The second kappa shape index (κ2) is 10.5. The van der Waals surface area contributed by atoms with Crippen LogP contribution in [0.25, 0.3) is 0 Å². The van der Waals surface area contributed by atoms with Crippen LogP contribution >= 0.6 is 11.6 Å². The summed E-state index contributed by atoms with van der Waals surface area (Å²) in [5.74, 6) is 0.450. The first-order valence-corrected chi connectivity index (χ1v) is 11.5. The van der Waals surface area contributed by atoms with E-state index in [0.29, 0.717) is 27.8 Å².